The Kier molecular flexibility index (Phi) is 3.45. The molecule has 1 aromatic carbocycles. The summed E-state index contributed by atoms with van der Waals surface area (Å²) < 4.78 is 0. The van der Waals surface area contributed by atoms with Gasteiger partial charge in [0.1, 0.15) is 0 Å². The Bertz CT molecular complexity index is 448. The lowest BCUT2D eigenvalue weighted by Crippen LogP contribution is -2.45. The molecule has 0 unspecified atom stereocenters. The quantitative estimate of drug-likeness (QED) is 0.786. The van der Waals surface area contributed by atoms with E-state index < -0.39 is 5.91 Å². The second kappa shape index (κ2) is 4.88. The Hall–Kier alpha value is -1.71. The van der Waals surface area contributed by atoms with Crippen LogP contribution < -0.4 is 16.4 Å². The number of primary amides is 1. The van der Waals surface area contributed by atoms with Gasteiger partial charge in [-0.25, -0.2) is 0 Å². The maximum Gasteiger partial charge on any atom is 0.250 e. The number of benzene rings is 1. The second-order valence-electron chi connectivity index (χ2n) is 5.14. The Labute approximate surface area is 108 Å². The van der Waals surface area contributed by atoms with Crippen molar-refractivity contribution in [1.29, 1.82) is 0 Å². The Morgan fingerprint density at radius 3 is 2.44 bits per heavy atom. The van der Waals surface area contributed by atoms with Crippen molar-refractivity contribution >= 4 is 17.3 Å². The number of amides is 1. The number of hydrogen-bond donors (Lipinski definition) is 2. The number of nitrogens with two attached hydrogens (primary N) is 2. The highest BCUT2D eigenvalue weighted by molar-refractivity contribution is 6.01. The number of rotatable bonds is 2. The first kappa shape index (κ1) is 12.7. The maximum atomic E-state index is 11.6. The molecule has 1 fully saturated rings. The van der Waals surface area contributed by atoms with Crippen LogP contribution in [0.15, 0.2) is 18.2 Å². The van der Waals surface area contributed by atoms with Crippen LogP contribution in [0.25, 0.3) is 0 Å². The molecular formula is C14H21N3O. The molecule has 2 atom stereocenters. The first-order chi connectivity index (χ1) is 8.52. The van der Waals surface area contributed by atoms with Gasteiger partial charge in [-0.2, -0.15) is 0 Å². The van der Waals surface area contributed by atoms with Gasteiger partial charge in [-0.3, -0.25) is 4.79 Å². The molecule has 0 spiro atoms. The van der Waals surface area contributed by atoms with Crippen LogP contribution in [-0.2, 0) is 0 Å². The van der Waals surface area contributed by atoms with E-state index in [0.29, 0.717) is 23.3 Å². The molecule has 98 valence electrons. The molecule has 4 N–H and O–H groups in total. The summed E-state index contributed by atoms with van der Waals surface area (Å²) in [5.41, 5.74) is 13.5. The van der Waals surface area contributed by atoms with E-state index in [0.717, 1.165) is 18.5 Å². The molecule has 1 heterocycles. The van der Waals surface area contributed by atoms with Crippen LogP contribution in [0, 0.1) is 0 Å². The van der Waals surface area contributed by atoms with Crippen molar-refractivity contribution in [2.45, 2.75) is 45.2 Å². The summed E-state index contributed by atoms with van der Waals surface area (Å²) in [4.78, 5) is 13.8. The lowest BCUT2D eigenvalue weighted by atomic mass is 9.95. The fourth-order valence-electron chi connectivity index (χ4n) is 2.91. The third-order valence-corrected chi connectivity index (χ3v) is 3.78. The molecule has 18 heavy (non-hydrogen) atoms. The highest BCUT2D eigenvalue weighted by Crippen LogP contribution is 2.35. The highest BCUT2D eigenvalue weighted by Gasteiger charge is 2.28. The molecule has 0 bridgehead atoms. The molecule has 2 rings (SSSR count). The molecular weight excluding hydrogens is 226 g/mol. The fraction of sp³-hybridized carbons (Fsp3) is 0.500. The zero-order valence-corrected chi connectivity index (χ0v) is 11.0. The summed E-state index contributed by atoms with van der Waals surface area (Å²) >= 11 is 0. The van der Waals surface area contributed by atoms with Gasteiger partial charge in [0, 0.05) is 12.1 Å². The summed E-state index contributed by atoms with van der Waals surface area (Å²) in [5, 5.41) is 0. The van der Waals surface area contributed by atoms with Crippen molar-refractivity contribution in [3.8, 4) is 0 Å². The van der Waals surface area contributed by atoms with E-state index >= 15 is 0 Å². The Morgan fingerprint density at radius 2 is 1.89 bits per heavy atom. The zero-order chi connectivity index (χ0) is 13.3. The first-order valence-corrected chi connectivity index (χ1v) is 6.49. The standard InChI is InChI=1S/C14H21N3O/c1-9-5-3-6-10(2)17(9)13-11(14(16)18)7-4-8-12(13)15/h4,7-10H,3,5-6,15H2,1-2H3,(H2,16,18)/t9-,10+. The lowest BCUT2D eigenvalue weighted by molar-refractivity contribution is 0.100. The maximum absolute atomic E-state index is 11.6. The van der Waals surface area contributed by atoms with E-state index in [1.807, 2.05) is 6.07 Å². The van der Waals surface area contributed by atoms with Gasteiger partial charge in [0.05, 0.1) is 16.9 Å². The summed E-state index contributed by atoms with van der Waals surface area (Å²) in [5.74, 6) is -0.415. The summed E-state index contributed by atoms with van der Waals surface area (Å²) in [6.07, 6.45) is 3.46. The Morgan fingerprint density at radius 1 is 1.28 bits per heavy atom. The van der Waals surface area contributed by atoms with Crippen LogP contribution in [0.1, 0.15) is 43.5 Å². The van der Waals surface area contributed by atoms with Gasteiger partial charge in [0.15, 0.2) is 0 Å². The molecule has 4 nitrogen and oxygen atoms in total. The number of carbonyl (C=O) groups excluding carboxylic acids is 1. The number of piperidine rings is 1. The normalized spacial score (nSPS) is 24.0. The topological polar surface area (TPSA) is 72.3 Å². The van der Waals surface area contributed by atoms with Crippen molar-refractivity contribution in [3.05, 3.63) is 23.8 Å². The van der Waals surface area contributed by atoms with Crippen LogP contribution in [0.3, 0.4) is 0 Å². The van der Waals surface area contributed by atoms with Crippen LogP contribution in [-0.4, -0.2) is 18.0 Å². The SMILES string of the molecule is C[C@@H]1CCC[C@H](C)N1c1c(N)cccc1C(N)=O. The molecule has 0 saturated carbocycles. The minimum Gasteiger partial charge on any atom is -0.397 e. The van der Waals surface area contributed by atoms with Crippen LogP contribution in [0.4, 0.5) is 11.4 Å². The molecule has 0 aromatic heterocycles. The summed E-state index contributed by atoms with van der Waals surface area (Å²) in [6, 6.07) is 6.13. The predicted octanol–water partition coefficient (Wildman–Crippen LogP) is 2.14. The lowest BCUT2D eigenvalue weighted by Gasteiger charge is -2.42. The Balaban J connectivity index is 2.51. The largest absolute Gasteiger partial charge is 0.397 e. The van der Waals surface area contributed by atoms with E-state index in [2.05, 4.69) is 18.7 Å². The molecule has 1 aliphatic heterocycles. The average Bonchev–Trinajstić information content (AvgIpc) is 2.30. The van der Waals surface area contributed by atoms with Crippen molar-refractivity contribution in [1.82, 2.24) is 0 Å². The summed E-state index contributed by atoms with van der Waals surface area (Å²) in [7, 11) is 0. The van der Waals surface area contributed by atoms with Gasteiger partial charge in [0.25, 0.3) is 5.91 Å². The average molecular weight is 247 g/mol. The summed E-state index contributed by atoms with van der Waals surface area (Å²) in [6.45, 7) is 4.35. The molecule has 0 radical (unpaired) electrons. The molecule has 1 saturated heterocycles. The van der Waals surface area contributed by atoms with Gasteiger partial charge in [-0.1, -0.05) is 6.07 Å². The monoisotopic (exact) mass is 247 g/mol. The molecule has 1 aromatic rings. The van der Waals surface area contributed by atoms with Crippen LogP contribution in [0.5, 0.6) is 0 Å². The molecule has 0 aliphatic carbocycles. The van der Waals surface area contributed by atoms with Crippen LogP contribution in [0.2, 0.25) is 0 Å². The van der Waals surface area contributed by atoms with Gasteiger partial charge in [-0.05, 0) is 45.2 Å². The van der Waals surface area contributed by atoms with Gasteiger partial charge in [-0.15, -0.1) is 0 Å². The highest BCUT2D eigenvalue weighted by atomic mass is 16.1. The number of carbonyl (C=O) groups is 1. The van der Waals surface area contributed by atoms with Crippen molar-refractivity contribution in [3.63, 3.8) is 0 Å². The predicted molar refractivity (Wildman–Crippen MR) is 74.6 cm³/mol. The van der Waals surface area contributed by atoms with Gasteiger partial charge < -0.3 is 16.4 Å². The third kappa shape index (κ3) is 2.15. The zero-order valence-electron chi connectivity index (χ0n) is 11.0. The van der Waals surface area contributed by atoms with Crippen molar-refractivity contribution in [2.24, 2.45) is 5.73 Å². The van der Waals surface area contributed by atoms with Crippen molar-refractivity contribution < 1.29 is 4.79 Å². The van der Waals surface area contributed by atoms with E-state index in [-0.39, 0.29) is 0 Å². The molecule has 1 aliphatic rings. The minimum atomic E-state index is -0.415. The number of anilines is 2. The fourth-order valence-corrected chi connectivity index (χ4v) is 2.91. The van der Waals surface area contributed by atoms with E-state index in [4.69, 9.17) is 11.5 Å². The second-order valence-corrected chi connectivity index (χ2v) is 5.14. The number of nitrogens with zero attached hydrogens (tertiary/aromatic N) is 1. The number of hydrogen-bond acceptors (Lipinski definition) is 3. The van der Waals surface area contributed by atoms with Crippen molar-refractivity contribution in [2.75, 3.05) is 10.6 Å². The molecule has 4 heteroatoms. The van der Waals surface area contributed by atoms with Crippen LogP contribution >= 0.6 is 0 Å². The number of nitrogen functional groups attached to an aromatic ring is 1. The number of para-hydroxylation sites is 1. The van der Waals surface area contributed by atoms with E-state index in [1.54, 1.807) is 12.1 Å². The van der Waals surface area contributed by atoms with E-state index in [1.165, 1.54) is 6.42 Å². The van der Waals surface area contributed by atoms with Gasteiger partial charge >= 0.3 is 0 Å². The minimum absolute atomic E-state index is 0.386. The third-order valence-electron chi connectivity index (χ3n) is 3.78. The van der Waals surface area contributed by atoms with E-state index in [9.17, 15) is 4.79 Å². The van der Waals surface area contributed by atoms with Gasteiger partial charge in [0.2, 0.25) is 0 Å². The smallest absolute Gasteiger partial charge is 0.250 e. The first-order valence-electron chi connectivity index (χ1n) is 6.49. The molecule has 1 amide bonds.